The van der Waals surface area contributed by atoms with Gasteiger partial charge in [0.1, 0.15) is 0 Å². The van der Waals surface area contributed by atoms with Crippen molar-refractivity contribution in [2.45, 2.75) is 33.2 Å². The molecule has 1 aromatic carbocycles. The Balaban J connectivity index is 2.16. The molecule has 4 nitrogen and oxygen atoms in total. The van der Waals surface area contributed by atoms with Crippen molar-refractivity contribution in [1.29, 1.82) is 0 Å². The third-order valence-electron chi connectivity index (χ3n) is 4.06. The molecule has 0 bridgehead atoms. The lowest BCUT2D eigenvalue weighted by molar-refractivity contribution is -0.135. The third-order valence-corrected chi connectivity index (χ3v) is 4.47. The van der Waals surface area contributed by atoms with Crippen LogP contribution in [-0.2, 0) is 9.59 Å². The lowest BCUT2D eigenvalue weighted by Gasteiger charge is -2.24. The van der Waals surface area contributed by atoms with Crippen LogP contribution >= 0.6 is 11.6 Å². The molecular formula is C16H21ClN2O2. The number of carbonyl (C=O) groups is 2. The summed E-state index contributed by atoms with van der Waals surface area (Å²) in [5.74, 6) is -0.269. The van der Waals surface area contributed by atoms with Crippen LogP contribution in [-0.4, -0.2) is 36.3 Å². The summed E-state index contributed by atoms with van der Waals surface area (Å²) in [6.45, 7) is 6.27. The summed E-state index contributed by atoms with van der Waals surface area (Å²) in [7, 11) is 1.78. The quantitative estimate of drug-likeness (QED) is 0.861. The van der Waals surface area contributed by atoms with Crippen molar-refractivity contribution >= 4 is 29.1 Å². The van der Waals surface area contributed by atoms with Gasteiger partial charge >= 0.3 is 0 Å². The van der Waals surface area contributed by atoms with Crippen molar-refractivity contribution in [3.8, 4) is 0 Å². The Bertz CT molecular complexity index is 571. The van der Waals surface area contributed by atoms with Crippen LogP contribution < -0.4 is 4.90 Å². The van der Waals surface area contributed by atoms with Gasteiger partial charge < -0.3 is 9.80 Å². The van der Waals surface area contributed by atoms with E-state index in [1.807, 2.05) is 32.9 Å². The molecule has 1 aromatic rings. The zero-order chi connectivity index (χ0) is 15.7. The molecule has 0 aromatic heterocycles. The molecule has 1 unspecified atom stereocenters. The SMILES string of the molecule is Cc1ccc(N2CC(C(=O)N(C)C(C)C)CC2=O)cc1Cl. The molecule has 0 saturated carbocycles. The number of aryl methyl sites for hydroxylation is 1. The predicted molar refractivity (Wildman–Crippen MR) is 84.6 cm³/mol. The molecule has 1 saturated heterocycles. The van der Waals surface area contributed by atoms with E-state index in [0.717, 1.165) is 11.3 Å². The number of hydrogen-bond donors (Lipinski definition) is 0. The molecule has 21 heavy (non-hydrogen) atoms. The number of nitrogens with zero attached hydrogens (tertiary/aromatic N) is 2. The highest BCUT2D eigenvalue weighted by Crippen LogP contribution is 2.29. The van der Waals surface area contributed by atoms with Crippen LogP contribution in [0.1, 0.15) is 25.8 Å². The first kappa shape index (κ1) is 15.8. The molecular weight excluding hydrogens is 288 g/mol. The maximum atomic E-state index is 12.4. The zero-order valence-electron chi connectivity index (χ0n) is 12.9. The summed E-state index contributed by atoms with van der Waals surface area (Å²) in [5, 5.41) is 0.634. The molecule has 0 aliphatic carbocycles. The summed E-state index contributed by atoms with van der Waals surface area (Å²) in [5.41, 5.74) is 1.73. The number of halogens is 1. The highest BCUT2D eigenvalue weighted by molar-refractivity contribution is 6.31. The van der Waals surface area contributed by atoms with E-state index in [0.29, 0.717) is 11.6 Å². The minimum absolute atomic E-state index is 0.0228. The summed E-state index contributed by atoms with van der Waals surface area (Å²) < 4.78 is 0. The maximum absolute atomic E-state index is 12.4. The number of anilines is 1. The second-order valence-corrected chi connectivity index (χ2v) is 6.29. The topological polar surface area (TPSA) is 40.6 Å². The van der Waals surface area contributed by atoms with E-state index in [2.05, 4.69) is 0 Å². The molecule has 1 heterocycles. The van der Waals surface area contributed by atoms with Gasteiger partial charge in [0, 0.05) is 36.8 Å². The Labute approximate surface area is 130 Å². The van der Waals surface area contributed by atoms with Gasteiger partial charge in [-0.2, -0.15) is 0 Å². The highest BCUT2D eigenvalue weighted by Gasteiger charge is 2.36. The number of benzene rings is 1. The molecule has 114 valence electrons. The van der Waals surface area contributed by atoms with E-state index in [1.165, 1.54) is 0 Å². The van der Waals surface area contributed by atoms with Crippen LogP contribution in [0.5, 0.6) is 0 Å². The average Bonchev–Trinajstić information content (AvgIpc) is 2.82. The van der Waals surface area contributed by atoms with Gasteiger partial charge in [-0.1, -0.05) is 17.7 Å². The summed E-state index contributed by atoms with van der Waals surface area (Å²) in [4.78, 5) is 27.9. The average molecular weight is 309 g/mol. The molecule has 2 amide bonds. The number of amides is 2. The van der Waals surface area contributed by atoms with Crippen LogP contribution in [0.2, 0.25) is 5.02 Å². The highest BCUT2D eigenvalue weighted by atomic mass is 35.5. The fourth-order valence-electron chi connectivity index (χ4n) is 2.41. The fraction of sp³-hybridized carbons (Fsp3) is 0.500. The first-order chi connectivity index (χ1) is 9.81. The van der Waals surface area contributed by atoms with Crippen LogP contribution in [0.3, 0.4) is 0 Å². The maximum Gasteiger partial charge on any atom is 0.227 e. The summed E-state index contributed by atoms with van der Waals surface area (Å²) >= 11 is 6.12. The van der Waals surface area contributed by atoms with Gasteiger partial charge in [0.2, 0.25) is 11.8 Å². The van der Waals surface area contributed by atoms with E-state index in [1.54, 1.807) is 22.9 Å². The second-order valence-electron chi connectivity index (χ2n) is 5.88. The molecule has 1 fully saturated rings. The van der Waals surface area contributed by atoms with Gasteiger partial charge in [-0.25, -0.2) is 0 Å². The van der Waals surface area contributed by atoms with E-state index < -0.39 is 0 Å². The fourth-order valence-corrected chi connectivity index (χ4v) is 2.59. The molecule has 1 aliphatic heterocycles. The van der Waals surface area contributed by atoms with Gasteiger partial charge in [-0.05, 0) is 38.5 Å². The van der Waals surface area contributed by atoms with E-state index in [4.69, 9.17) is 11.6 Å². The molecule has 0 N–H and O–H groups in total. The zero-order valence-corrected chi connectivity index (χ0v) is 13.6. The standard InChI is InChI=1S/C16H21ClN2O2/c1-10(2)18(4)16(21)12-7-15(20)19(9-12)13-6-5-11(3)14(17)8-13/h5-6,8,10,12H,7,9H2,1-4H3. The Hall–Kier alpha value is -1.55. The van der Waals surface area contributed by atoms with Crippen LogP contribution in [0.4, 0.5) is 5.69 Å². The molecule has 0 radical (unpaired) electrons. The molecule has 1 aliphatic rings. The molecule has 0 spiro atoms. The summed E-state index contributed by atoms with van der Waals surface area (Å²) in [6.07, 6.45) is 0.265. The van der Waals surface area contributed by atoms with Gasteiger partial charge in [0.25, 0.3) is 0 Å². The predicted octanol–water partition coefficient (Wildman–Crippen LogP) is 2.87. The minimum Gasteiger partial charge on any atom is -0.343 e. The molecule has 5 heteroatoms. The molecule has 1 atom stereocenters. The van der Waals surface area contributed by atoms with Crippen LogP contribution in [0, 0.1) is 12.8 Å². The normalized spacial score (nSPS) is 18.5. The van der Waals surface area contributed by atoms with Crippen molar-refractivity contribution in [2.24, 2.45) is 5.92 Å². The van der Waals surface area contributed by atoms with Gasteiger partial charge in [-0.15, -0.1) is 0 Å². The lowest BCUT2D eigenvalue weighted by Crippen LogP contribution is -2.38. The summed E-state index contributed by atoms with van der Waals surface area (Å²) in [6, 6.07) is 5.68. The smallest absolute Gasteiger partial charge is 0.227 e. The van der Waals surface area contributed by atoms with E-state index in [-0.39, 0.29) is 30.2 Å². The Morgan fingerprint density at radius 3 is 2.67 bits per heavy atom. The largest absolute Gasteiger partial charge is 0.343 e. The number of hydrogen-bond acceptors (Lipinski definition) is 2. The van der Waals surface area contributed by atoms with Crippen molar-refractivity contribution in [1.82, 2.24) is 4.90 Å². The Kier molecular flexibility index (Phi) is 4.57. The van der Waals surface area contributed by atoms with Crippen molar-refractivity contribution in [3.63, 3.8) is 0 Å². The molecule has 2 rings (SSSR count). The van der Waals surface area contributed by atoms with E-state index >= 15 is 0 Å². The van der Waals surface area contributed by atoms with Gasteiger partial charge in [0.15, 0.2) is 0 Å². The van der Waals surface area contributed by atoms with Crippen molar-refractivity contribution < 1.29 is 9.59 Å². The van der Waals surface area contributed by atoms with Crippen molar-refractivity contribution in [3.05, 3.63) is 28.8 Å². The third kappa shape index (κ3) is 3.21. The van der Waals surface area contributed by atoms with E-state index in [9.17, 15) is 9.59 Å². The monoisotopic (exact) mass is 308 g/mol. The lowest BCUT2D eigenvalue weighted by atomic mass is 10.1. The minimum atomic E-state index is -0.273. The first-order valence-electron chi connectivity index (χ1n) is 7.14. The van der Waals surface area contributed by atoms with Crippen LogP contribution in [0.15, 0.2) is 18.2 Å². The van der Waals surface area contributed by atoms with Gasteiger partial charge in [0.05, 0.1) is 5.92 Å². The number of rotatable bonds is 3. The Morgan fingerprint density at radius 1 is 1.43 bits per heavy atom. The second kappa shape index (κ2) is 6.06. The van der Waals surface area contributed by atoms with Gasteiger partial charge in [-0.3, -0.25) is 9.59 Å². The van der Waals surface area contributed by atoms with Crippen LogP contribution in [0.25, 0.3) is 0 Å². The van der Waals surface area contributed by atoms with Crippen molar-refractivity contribution in [2.75, 3.05) is 18.5 Å². The first-order valence-corrected chi connectivity index (χ1v) is 7.52. The Morgan fingerprint density at radius 2 is 2.10 bits per heavy atom. The number of carbonyl (C=O) groups excluding carboxylic acids is 2.